The zero-order valence-corrected chi connectivity index (χ0v) is 16.6. The number of amides is 1. The molecule has 0 atom stereocenters. The maximum absolute atomic E-state index is 12.3. The first-order valence-electron chi connectivity index (χ1n) is 10.1. The van der Waals surface area contributed by atoms with Gasteiger partial charge in [0.25, 0.3) is 5.91 Å². The average Bonchev–Trinajstić information content (AvgIpc) is 2.79. The van der Waals surface area contributed by atoms with Crippen LogP contribution in [0.3, 0.4) is 0 Å². The third kappa shape index (κ3) is 5.02. The molecule has 0 radical (unpaired) electrons. The Morgan fingerprint density at radius 1 is 0.967 bits per heavy atom. The zero-order chi connectivity index (χ0) is 20.8. The third-order valence-corrected chi connectivity index (χ3v) is 5.17. The van der Waals surface area contributed by atoms with Crippen LogP contribution in [0, 0.1) is 0 Å². The van der Waals surface area contributed by atoms with Gasteiger partial charge in [0.15, 0.2) is 5.82 Å². The molecule has 154 valence electrons. The minimum Gasteiger partial charge on any atom is -0.394 e. The van der Waals surface area contributed by atoms with Gasteiger partial charge in [-0.15, -0.1) is 0 Å². The number of hydrogen-bond acceptors (Lipinski definition) is 7. The van der Waals surface area contributed by atoms with Gasteiger partial charge in [0.05, 0.1) is 17.4 Å². The van der Waals surface area contributed by atoms with Gasteiger partial charge in [-0.3, -0.25) is 9.78 Å². The van der Waals surface area contributed by atoms with E-state index >= 15 is 0 Å². The lowest BCUT2D eigenvalue weighted by atomic mass is 9.91. The van der Waals surface area contributed by atoms with Crippen molar-refractivity contribution < 1.29 is 4.79 Å². The number of pyridine rings is 1. The summed E-state index contributed by atoms with van der Waals surface area (Å²) in [6.45, 7) is 0. The summed E-state index contributed by atoms with van der Waals surface area (Å²) >= 11 is 0. The maximum Gasteiger partial charge on any atom is 0.253 e. The van der Waals surface area contributed by atoms with Crippen LogP contribution in [-0.2, 0) is 0 Å². The molecule has 1 aliphatic rings. The van der Waals surface area contributed by atoms with Crippen molar-refractivity contribution in [3.8, 4) is 0 Å². The lowest BCUT2D eigenvalue weighted by Gasteiger charge is -2.29. The van der Waals surface area contributed by atoms with Crippen LogP contribution in [0.15, 0.2) is 61.1 Å². The molecule has 0 spiro atoms. The summed E-state index contributed by atoms with van der Waals surface area (Å²) in [5, 5.41) is 9.72. The van der Waals surface area contributed by atoms with E-state index in [-0.39, 0.29) is 18.0 Å². The number of rotatable bonds is 6. The molecule has 4 rings (SSSR count). The fourth-order valence-electron chi connectivity index (χ4n) is 3.55. The number of nitrogens with two attached hydrogens (primary N) is 1. The number of para-hydroxylation sites is 1. The van der Waals surface area contributed by atoms with Gasteiger partial charge in [-0.05, 0) is 49.9 Å². The fraction of sp³-hybridized carbons (Fsp3) is 0.273. The number of nitrogens with one attached hydrogen (secondary N) is 3. The van der Waals surface area contributed by atoms with E-state index in [9.17, 15) is 4.79 Å². The van der Waals surface area contributed by atoms with E-state index in [1.165, 1.54) is 0 Å². The van der Waals surface area contributed by atoms with Gasteiger partial charge in [0.2, 0.25) is 5.95 Å². The first-order chi connectivity index (χ1) is 14.7. The van der Waals surface area contributed by atoms with Crippen LogP contribution >= 0.6 is 0 Å². The highest BCUT2D eigenvalue weighted by Gasteiger charge is 2.23. The van der Waals surface area contributed by atoms with Gasteiger partial charge < -0.3 is 21.7 Å². The SMILES string of the molecule is Nc1cnc(NC2CCC(NC(=O)c3cccnc3)CC2)nc1Nc1ccccc1. The van der Waals surface area contributed by atoms with Gasteiger partial charge in [-0.25, -0.2) is 4.98 Å². The summed E-state index contributed by atoms with van der Waals surface area (Å²) in [7, 11) is 0. The minimum atomic E-state index is -0.0713. The lowest BCUT2D eigenvalue weighted by Crippen LogP contribution is -2.40. The second-order valence-electron chi connectivity index (χ2n) is 7.40. The van der Waals surface area contributed by atoms with Gasteiger partial charge in [0, 0.05) is 30.2 Å². The molecule has 1 fully saturated rings. The molecule has 5 N–H and O–H groups in total. The summed E-state index contributed by atoms with van der Waals surface area (Å²) in [4.78, 5) is 25.1. The van der Waals surface area contributed by atoms with Crippen molar-refractivity contribution in [2.24, 2.45) is 0 Å². The molecule has 0 bridgehead atoms. The summed E-state index contributed by atoms with van der Waals surface area (Å²) in [5.41, 5.74) is 8.02. The Morgan fingerprint density at radius 3 is 2.47 bits per heavy atom. The molecule has 0 unspecified atom stereocenters. The normalized spacial score (nSPS) is 18.4. The monoisotopic (exact) mass is 403 g/mol. The number of nitrogens with zero attached hydrogens (tertiary/aromatic N) is 3. The molecular weight excluding hydrogens is 378 g/mol. The molecular formula is C22H25N7O. The molecule has 30 heavy (non-hydrogen) atoms. The van der Waals surface area contributed by atoms with Crippen LogP contribution in [0.25, 0.3) is 0 Å². The number of benzene rings is 1. The smallest absolute Gasteiger partial charge is 0.253 e. The highest BCUT2D eigenvalue weighted by Crippen LogP contribution is 2.24. The topological polar surface area (TPSA) is 118 Å². The number of hydrogen-bond donors (Lipinski definition) is 4. The molecule has 3 aromatic rings. The molecule has 8 nitrogen and oxygen atoms in total. The Balaban J connectivity index is 1.31. The first-order valence-corrected chi connectivity index (χ1v) is 10.1. The Labute approximate surface area is 175 Å². The van der Waals surface area contributed by atoms with Gasteiger partial charge in [-0.2, -0.15) is 4.98 Å². The summed E-state index contributed by atoms with van der Waals surface area (Å²) in [6.07, 6.45) is 8.50. The zero-order valence-electron chi connectivity index (χ0n) is 16.6. The van der Waals surface area contributed by atoms with Crippen molar-refractivity contribution in [3.05, 3.63) is 66.6 Å². The van der Waals surface area contributed by atoms with Crippen LogP contribution < -0.4 is 21.7 Å². The van der Waals surface area contributed by atoms with Crippen molar-refractivity contribution in [2.45, 2.75) is 37.8 Å². The Kier molecular flexibility index (Phi) is 6.03. The van der Waals surface area contributed by atoms with Crippen LogP contribution in [0.1, 0.15) is 36.0 Å². The summed E-state index contributed by atoms with van der Waals surface area (Å²) in [6, 6.07) is 13.7. The standard InChI is InChI=1S/C22H25N7O/c23-19-14-25-22(29-20(19)26-16-6-2-1-3-7-16)28-18-10-8-17(9-11-18)27-21(30)15-5-4-12-24-13-15/h1-7,12-14,17-18H,8-11,23H2,(H,27,30)(H2,25,26,28,29). The van der Waals surface area contributed by atoms with E-state index in [4.69, 9.17) is 5.73 Å². The summed E-state index contributed by atoms with van der Waals surface area (Å²) in [5.74, 6) is 1.06. The highest BCUT2D eigenvalue weighted by atomic mass is 16.1. The molecule has 0 aliphatic heterocycles. The number of nitrogen functional groups attached to an aromatic ring is 1. The first kappa shape index (κ1) is 19.6. The Morgan fingerprint density at radius 2 is 1.73 bits per heavy atom. The number of carbonyl (C=O) groups excluding carboxylic acids is 1. The quantitative estimate of drug-likeness (QED) is 0.498. The maximum atomic E-state index is 12.3. The second-order valence-corrected chi connectivity index (χ2v) is 7.40. The summed E-state index contributed by atoms with van der Waals surface area (Å²) < 4.78 is 0. The van der Waals surface area contributed by atoms with Gasteiger partial charge >= 0.3 is 0 Å². The van der Waals surface area contributed by atoms with Crippen molar-refractivity contribution in [1.29, 1.82) is 0 Å². The number of carbonyl (C=O) groups is 1. The van der Waals surface area contributed by atoms with Crippen LogP contribution in [0.5, 0.6) is 0 Å². The molecule has 0 saturated heterocycles. The molecule has 1 saturated carbocycles. The fourth-order valence-corrected chi connectivity index (χ4v) is 3.55. The third-order valence-electron chi connectivity index (χ3n) is 5.17. The van der Waals surface area contributed by atoms with Gasteiger partial charge in [0.1, 0.15) is 0 Å². The van der Waals surface area contributed by atoms with E-state index in [0.29, 0.717) is 23.0 Å². The molecule has 2 aromatic heterocycles. The van der Waals surface area contributed by atoms with Crippen LogP contribution in [-0.4, -0.2) is 32.9 Å². The van der Waals surface area contributed by atoms with Crippen LogP contribution in [0.4, 0.5) is 23.1 Å². The van der Waals surface area contributed by atoms with E-state index in [1.54, 1.807) is 30.7 Å². The predicted molar refractivity (Wildman–Crippen MR) is 118 cm³/mol. The molecule has 8 heteroatoms. The lowest BCUT2D eigenvalue weighted by molar-refractivity contribution is 0.0926. The van der Waals surface area contributed by atoms with Crippen molar-refractivity contribution in [3.63, 3.8) is 0 Å². The Hall–Kier alpha value is -3.68. The van der Waals surface area contributed by atoms with Crippen molar-refractivity contribution in [1.82, 2.24) is 20.3 Å². The number of aromatic nitrogens is 3. The van der Waals surface area contributed by atoms with E-state index in [1.807, 2.05) is 30.3 Å². The second kappa shape index (κ2) is 9.21. The van der Waals surface area contributed by atoms with Crippen molar-refractivity contribution >= 4 is 29.0 Å². The average molecular weight is 403 g/mol. The van der Waals surface area contributed by atoms with Crippen LogP contribution in [0.2, 0.25) is 0 Å². The van der Waals surface area contributed by atoms with Crippen molar-refractivity contribution in [2.75, 3.05) is 16.4 Å². The predicted octanol–water partition coefficient (Wildman–Crippen LogP) is 3.35. The number of anilines is 4. The van der Waals surface area contributed by atoms with Gasteiger partial charge in [-0.1, -0.05) is 18.2 Å². The minimum absolute atomic E-state index is 0.0713. The molecule has 1 amide bonds. The van der Waals surface area contributed by atoms with E-state index in [2.05, 4.69) is 30.9 Å². The van der Waals surface area contributed by atoms with E-state index in [0.717, 1.165) is 31.4 Å². The molecule has 1 aliphatic carbocycles. The van der Waals surface area contributed by atoms with E-state index < -0.39 is 0 Å². The highest BCUT2D eigenvalue weighted by molar-refractivity contribution is 5.94. The Bertz CT molecular complexity index is 973. The largest absolute Gasteiger partial charge is 0.394 e. The molecule has 2 heterocycles. The molecule has 1 aromatic carbocycles.